The summed E-state index contributed by atoms with van der Waals surface area (Å²) in [7, 11) is 1.35. The zero-order chi connectivity index (χ0) is 18.0. The number of carbonyl (C=O) groups excluding carboxylic acids is 1. The van der Waals surface area contributed by atoms with E-state index in [2.05, 4.69) is 20.9 Å². The Bertz CT molecular complexity index is 1010. The van der Waals surface area contributed by atoms with Gasteiger partial charge in [-0.15, -0.1) is 0 Å². The standard InChI is InChI=1S/C19H17BrN2O3/c1-3-22-17(10-12-6-4-5-7-14(12)19(24)25-2)21-16-9-8-13(20)11-15(16)18(22)23/h4-9,11H,3,10H2,1-2H3. The Balaban J connectivity index is 2.16. The summed E-state index contributed by atoms with van der Waals surface area (Å²) in [6.07, 6.45) is 0.375. The molecule has 1 aromatic heterocycles. The molecular formula is C19H17BrN2O3. The van der Waals surface area contributed by atoms with Crippen LogP contribution in [0.4, 0.5) is 0 Å². The van der Waals surface area contributed by atoms with Gasteiger partial charge in [-0.25, -0.2) is 9.78 Å². The summed E-state index contributed by atoms with van der Waals surface area (Å²) >= 11 is 3.39. The van der Waals surface area contributed by atoms with E-state index >= 15 is 0 Å². The second kappa shape index (κ2) is 7.19. The van der Waals surface area contributed by atoms with E-state index in [1.54, 1.807) is 22.8 Å². The monoisotopic (exact) mass is 400 g/mol. The smallest absolute Gasteiger partial charge is 0.338 e. The highest BCUT2D eigenvalue weighted by molar-refractivity contribution is 9.10. The van der Waals surface area contributed by atoms with Crippen molar-refractivity contribution in [2.75, 3.05) is 7.11 Å². The predicted molar refractivity (Wildman–Crippen MR) is 100.0 cm³/mol. The maximum Gasteiger partial charge on any atom is 0.338 e. The zero-order valence-electron chi connectivity index (χ0n) is 14.0. The van der Waals surface area contributed by atoms with Gasteiger partial charge in [0.15, 0.2) is 0 Å². The van der Waals surface area contributed by atoms with Gasteiger partial charge in [0, 0.05) is 17.4 Å². The van der Waals surface area contributed by atoms with Gasteiger partial charge in [-0.05, 0) is 36.8 Å². The average molecular weight is 401 g/mol. The van der Waals surface area contributed by atoms with Crippen LogP contribution < -0.4 is 5.56 Å². The van der Waals surface area contributed by atoms with E-state index in [1.165, 1.54) is 7.11 Å². The van der Waals surface area contributed by atoms with Gasteiger partial charge in [-0.1, -0.05) is 34.1 Å². The molecule has 3 rings (SSSR count). The van der Waals surface area contributed by atoms with Crippen LogP contribution >= 0.6 is 15.9 Å². The molecule has 0 saturated heterocycles. The summed E-state index contributed by atoms with van der Waals surface area (Å²) in [6.45, 7) is 2.41. The van der Waals surface area contributed by atoms with E-state index < -0.39 is 5.97 Å². The van der Waals surface area contributed by atoms with Crippen LogP contribution in [0.3, 0.4) is 0 Å². The van der Waals surface area contributed by atoms with E-state index in [-0.39, 0.29) is 5.56 Å². The molecule has 0 radical (unpaired) electrons. The number of carbonyl (C=O) groups is 1. The van der Waals surface area contributed by atoms with Gasteiger partial charge >= 0.3 is 5.97 Å². The molecule has 1 heterocycles. The Labute approximate surface area is 153 Å². The van der Waals surface area contributed by atoms with Crippen LogP contribution in [0.25, 0.3) is 10.9 Å². The fraction of sp³-hybridized carbons (Fsp3) is 0.211. The maximum absolute atomic E-state index is 12.8. The minimum atomic E-state index is -0.397. The number of esters is 1. The number of hydrogen-bond acceptors (Lipinski definition) is 4. The van der Waals surface area contributed by atoms with Gasteiger partial charge in [-0.2, -0.15) is 0 Å². The molecule has 0 unspecified atom stereocenters. The number of rotatable bonds is 4. The van der Waals surface area contributed by atoms with Crippen molar-refractivity contribution >= 4 is 32.8 Å². The van der Waals surface area contributed by atoms with E-state index in [0.717, 1.165) is 10.0 Å². The van der Waals surface area contributed by atoms with Crippen molar-refractivity contribution in [1.29, 1.82) is 0 Å². The topological polar surface area (TPSA) is 61.2 Å². The fourth-order valence-corrected chi connectivity index (χ4v) is 3.22. The van der Waals surface area contributed by atoms with Gasteiger partial charge in [0.2, 0.25) is 0 Å². The number of ether oxygens (including phenoxy) is 1. The number of fused-ring (bicyclic) bond motifs is 1. The fourth-order valence-electron chi connectivity index (χ4n) is 2.85. The Morgan fingerprint density at radius 3 is 2.72 bits per heavy atom. The summed E-state index contributed by atoms with van der Waals surface area (Å²) in [5.74, 6) is 0.226. The minimum Gasteiger partial charge on any atom is -0.465 e. The van der Waals surface area contributed by atoms with Crippen molar-refractivity contribution in [3.63, 3.8) is 0 Å². The highest BCUT2D eigenvalue weighted by Gasteiger charge is 2.15. The first-order valence-corrected chi connectivity index (χ1v) is 8.69. The summed E-state index contributed by atoms with van der Waals surface area (Å²) in [4.78, 5) is 29.4. The van der Waals surface area contributed by atoms with Gasteiger partial charge in [0.1, 0.15) is 5.82 Å². The first-order valence-electron chi connectivity index (χ1n) is 7.90. The number of methoxy groups -OCH3 is 1. The Kier molecular flexibility index (Phi) is 4.99. The van der Waals surface area contributed by atoms with Crippen LogP contribution in [0.15, 0.2) is 51.7 Å². The third-order valence-electron chi connectivity index (χ3n) is 4.08. The quantitative estimate of drug-likeness (QED) is 0.628. The Hall–Kier alpha value is -2.47. The maximum atomic E-state index is 12.8. The molecule has 0 aliphatic heterocycles. The molecule has 6 heteroatoms. The van der Waals surface area contributed by atoms with Crippen LogP contribution in [-0.4, -0.2) is 22.6 Å². The number of nitrogens with zero attached hydrogens (tertiary/aromatic N) is 2. The van der Waals surface area contributed by atoms with Crippen molar-refractivity contribution in [3.05, 3.63) is 74.2 Å². The molecule has 0 amide bonds. The number of benzene rings is 2. The largest absolute Gasteiger partial charge is 0.465 e. The first kappa shape index (κ1) is 17.4. The predicted octanol–water partition coefficient (Wildman–Crippen LogP) is 3.56. The van der Waals surface area contributed by atoms with Crippen LogP contribution in [0, 0.1) is 0 Å². The van der Waals surface area contributed by atoms with E-state index in [4.69, 9.17) is 4.74 Å². The molecule has 2 aromatic carbocycles. The van der Waals surface area contributed by atoms with Crippen LogP contribution in [0.5, 0.6) is 0 Å². The lowest BCUT2D eigenvalue weighted by atomic mass is 10.0. The minimum absolute atomic E-state index is 0.0839. The number of hydrogen-bond donors (Lipinski definition) is 0. The molecule has 0 aliphatic rings. The van der Waals surface area contributed by atoms with Gasteiger partial charge in [0.05, 0.1) is 23.6 Å². The first-order chi connectivity index (χ1) is 12.0. The van der Waals surface area contributed by atoms with Crippen molar-refractivity contribution in [3.8, 4) is 0 Å². The van der Waals surface area contributed by atoms with Crippen molar-refractivity contribution in [1.82, 2.24) is 9.55 Å². The van der Waals surface area contributed by atoms with Crippen molar-refractivity contribution in [2.45, 2.75) is 19.9 Å². The summed E-state index contributed by atoms with van der Waals surface area (Å²) in [5.41, 5.74) is 1.82. The Morgan fingerprint density at radius 2 is 2.00 bits per heavy atom. The second-order valence-electron chi connectivity index (χ2n) is 5.56. The van der Waals surface area contributed by atoms with Crippen molar-refractivity contribution < 1.29 is 9.53 Å². The highest BCUT2D eigenvalue weighted by Crippen LogP contribution is 2.18. The lowest BCUT2D eigenvalue weighted by Gasteiger charge is -2.13. The SMILES string of the molecule is CCn1c(Cc2ccccc2C(=O)OC)nc2ccc(Br)cc2c1=O. The summed E-state index contributed by atoms with van der Waals surface area (Å²) in [5, 5.41) is 0.571. The van der Waals surface area contributed by atoms with E-state index in [1.807, 2.05) is 31.2 Å². The van der Waals surface area contributed by atoms with E-state index in [9.17, 15) is 9.59 Å². The average Bonchev–Trinajstić information content (AvgIpc) is 2.62. The third-order valence-corrected chi connectivity index (χ3v) is 4.58. The molecule has 0 aliphatic carbocycles. The molecule has 5 nitrogen and oxygen atoms in total. The molecular weight excluding hydrogens is 384 g/mol. The zero-order valence-corrected chi connectivity index (χ0v) is 15.5. The molecule has 0 N–H and O–H groups in total. The van der Waals surface area contributed by atoms with Crippen LogP contribution in [0.2, 0.25) is 0 Å². The molecule has 0 atom stereocenters. The lowest BCUT2D eigenvalue weighted by Crippen LogP contribution is -2.25. The second-order valence-corrected chi connectivity index (χ2v) is 6.48. The van der Waals surface area contributed by atoms with Crippen molar-refractivity contribution in [2.24, 2.45) is 0 Å². The number of aromatic nitrogens is 2. The molecule has 0 saturated carbocycles. The van der Waals surface area contributed by atoms with Gasteiger partial charge < -0.3 is 4.74 Å². The van der Waals surface area contributed by atoms with Gasteiger partial charge in [0.25, 0.3) is 5.56 Å². The number of halogens is 1. The summed E-state index contributed by atoms with van der Waals surface area (Å²) < 4.78 is 7.33. The molecule has 128 valence electrons. The third kappa shape index (κ3) is 3.35. The Morgan fingerprint density at radius 1 is 1.24 bits per heavy atom. The van der Waals surface area contributed by atoms with Crippen LogP contribution in [0.1, 0.15) is 28.7 Å². The molecule has 25 heavy (non-hydrogen) atoms. The lowest BCUT2D eigenvalue weighted by molar-refractivity contribution is 0.0599. The van der Waals surface area contributed by atoms with Gasteiger partial charge in [-0.3, -0.25) is 9.36 Å². The van der Waals surface area contributed by atoms with E-state index in [0.29, 0.717) is 35.3 Å². The molecule has 0 bridgehead atoms. The molecule has 0 fully saturated rings. The molecule has 0 spiro atoms. The normalized spacial score (nSPS) is 10.8. The van der Waals surface area contributed by atoms with Crippen LogP contribution in [-0.2, 0) is 17.7 Å². The summed E-state index contributed by atoms with van der Waals surface area (Å²) in [6, 6.07) is 12.7. The highest BCUT2D eigenvalue weighted by atomic mass is 79.9. The molecule has 3 aromatic rings.